The minimum absolute atomic E-state index is 0.174. The topological polar surface area (TPSA) is 67.9 Å². The summed E-state index contributed by atoms with van der Waals surface area (Å²) in [5.41, 5.74) is 1.21. The number of imide groups is 1. The third-order valence-corrected chi connectivity index (χ3v) is 5.04. The maximum atomic E-state index is 13.0. The molecule has 142 valence electrons. The van der Waals surface area contributed by atoms with Gasteiger partial charge in [0, 0.05) is 17.5 Å². The van der Waals surface area contributed by atoms with Crippen LogP contribution in [0.15, 0.2) is 41.4 Å². The standard InChI is InChI=1S/C20H22N2O4S/c1-12(2)11-22-19(23)17(16-6-5-9-27-16)18(20(22)24)21-14-10-13(25-3)7-8-15(14)26-4/h5-10,12,21H,11H2,1-4H3. The maximum Gasteiger partial charge on any atom is 0.278 e. The second kappa shape index (κ2) is 7.84. The van der Waals surface area contributed by atoms with Crippen molar-refractivity contribution in [3.05, 3.63) is 46.3 Å². The summed E-state index contributed by atoms with van der Waals surface area (Å²) >= 11 is 1.43. The molecule has 0 spiro atoms. The number of nitrogens with zero attached hydrogens (tertiary/aromatic N) is 1. The molecular weight excluding hydrogens is 364 g/mol. The van der Waals surface area contributed by atoms with Crippen LogP contribution in [-0.4, -0.2) is 37.5 Å². The van der Waals surface area contributed by atoms with E-state index in [2.05, 4.69) is 5.32 Å². The van der Waals surface area contributed by atoms with Gasteiger partial charge in [0.2, 0.25) is 0 Å². The first-order chi connectivity index (χ1) is 13.0. The van der Waals surface area contributed by atoms with Gasteiger partial charge in [0.05, 0.1) is 25.5 Å². The highest BCUT2D eigenvalue weighted by atomic mass is 32.1. The lowest BCUT2D eigenvalue weighted by Gasteiger charge is -2.18. The van der Waals surface area contributed by atoms with Crippen LogP contribution in [0.25, 0.3) is 5.57 Å². The fraction of sp³-hybridized carbons (Fsp3) is 0.300. The van der Waals surface area contributed by atoms with Crippen molar-refractivity contribution in [2.75, 3.05) is 26.1 Å². The van der Waals surface area contributed by atoms with Crippen LogP contribution in [-0.2, 0) is 9.59 Å². The number of methoxy groups -OCH3 is 2. The molecule has 0 radical (unpaired) electrons. The van der Waals surface area contributed by atoms with Crippen molar-refractivity contribution in [2.45, 2.75) is 13.8 Å². The lowest BCUT2D eigenvalue weighted by Crippen LogP contribution is -2.35. The van der Waals surface area contributed by atoms with Crippen molar-refractivity contribution in [3.63, 3.8) is 0 Å². The smallest absolute Gasteiger partial charge is 0.278 e. The molecule has 0 unspecified atom stereocenters. The highest BCUT2D eigenvalue weighted by Gasteiger charge is 2.40. The van der Waals surface area contributed by atoms with Crippen LogP contribution in [0.4, 0.5) is 5.69 Å². The average Bonchev–Trinajstić information content (AvgIpc) is 3.25. The largest absolute Gasteiger partial charge is 0.497 e. The van der Waals surface area contributed by atoms with E-state index in [4.69, 9.17) is 9.47 Å². The molecule has 3 rings (SSSR count). The van der Waals surface area contributed by atoms with E-state index in [0.29, 0.717) is 29.3 Å². The maximum absolute atomic E-state index is 13.0. The molecule has 0 bridgehead atoms. The zero-order valence-electron chi connectivity index (χ0n) is 15.7. The Labute approximate surface area is 162 Å². The van der Waals surface area contributed by atoms with Crippen molar-refractivity contribution < 1.29 is 19.1 Å². The number of rotatable bonds is 7. The van der Waals surface area contributed by atoms with Gasteiger partial charge in [-0.05, 0) is 29.5 Å². The van der Waals surface area contributed by atoms with Gasteiger partial charge >= 0.3 is 0 Å². The number of hydrogen-bond acceptors (Lipinski definition) is 6. The third-order valence-electron chi connectivity index (χ3n) is 4.15. The van der Waals surface area contributed by atoms with Crippen LogP contribution in [0.1, 0.15) is 18.7 Å². The van der Waals surface area contributed by atoms with Crippen LogP contribution in [0.2, 0.25) is 0 Å². The summed E-state index contributed by atoms with van der Waals surface area (Å²) in [6.45, 7) is 4.32. The Balaban J connectivity index is 2.07. The van der Waals surface area contributed by atoms with E-state index >= 15 is 0 Å². The van der Waals surface area contributed by atoms with Crippen molar-refractivity contribution >= 4 is 34.4 Å². The number of nitrogens with one attached hydrogen (secondary N) is 1. The summed E-state index contributed by atoms with van der Waals surface area (Å²) in [5, 5.41) is 5.01. The van der Waals surface area contributed by atoms with E-state index < -0.39 is 0 Å². The van der Waals surface area contributed by atoms with Crippen LogP contribution in [0, 0.1) is 5.92 Å². The van der Waals surface area contributed by atoms with Crippen LogP contribution < -0.4 is 14.8 Å². The van der Waals surface area contributed by atoms with E-state index in [1.54, 1.807) is 32.4 Å². The lowest BCUT2D eigenvalue weighted by atomic mass is 10.1. The Bertz CT molecular complexity index is 887. The lowest BCUT2D eigenvalue weighted by molar-refractivity contribution is -0.137. The van der Waals surface area contributed by atoms with E-state index in [1.165, 1.54) is 16.2 Å². The summed E-state index contributed by atoms with van der Waals surface area (Å²) in [5.74, 6) is 0.736. The van der Waals surface area contributed by atoms with Crippen molar-refractivity contribution in [1.29, 1.82) is 0 Å². The molecule has 2 heterocycles. The Morgan fingerprint density at radius 3 is 2.48 bits per heavy atom. The molecular formula is C20H22N2O4S. The molecule has 7 heteroatoms. The van der Waals surface area contributed by atoms with Gasteiger partial charge in [0.25, 0.3) is 11.8 Å². The SMILES string of the molecule is COc1ccc(OC)c(NC2=C(c3cccs3)C(=O)N(CC(C)C)C2=O)c1. The van der Waals surface area contributed by atoms with Crippen LogP contribution >= 0.6 is 11.3 Å². The molecule has 27 heavy (non-hydrogen) atoms. The number of carbonyl (C=O) groups excluding carboxylic acids is 2. The summed E-state index contributed by atoms with van der Waals surface area (Å²) in [4.78, 5) is 28.1. The number of hydrogen-bond donors (Lipinski definition) is 1. The Kier molecular flexibility index (Phi) is 5.51. The average molecular weight is 386 g/mol. The van der Waals surface area contributed by atoms with Crippen LogP contribution in [0.5, 0.6) is 11.5 Å². The van der Waals surface area contributed by atoms with E-state index in [9.17, 15) is 9.59 Å². The monoisotopic (exact) mass is 386 g/mol. The summed E-state index contributed by atoms with van der Waals surface area (Å²) in [6.07, 6.45) is 0. The first-order valence-corrected chi connectivity index (χ1v) is 9.47. The van der Waals surface area contributed by atoms with Crippen LogP contribution in [0.3, 0.4) is 0 Å². The molecule has 1 aliphatic heterocycles. The number of amides is 2. The Morgan fingerprint density at radius 1 is 1.11 bits per heavy atom. The van der Waals surface area contributed by atoms with Gasteiger partial charge in [-0.2, -0.15) is 0 Å². The zero-order valence-corrected chi connectivity index (χ0v) is 16.6. The Hall–Kier alpha value is -2.80. The van der Waals surface area contributed by atoms with Gasteiger partial charge in [-0.1, -0.05) is 19.9 Å². The molecule has 0 fully saturated rings. The molecule has 0 aliphatic carbocycles. The van der Waals surface area contributed by atoms with Gasteiger partial charge in [0.1, 0.15) is 17.2 Å². The predicted molar refractivity (Wildman–Crippen MR) is 106 cm³/mol. The number of ether oxygens (including phenoxy) is 2. The molecule has 1 aliphatic rings. The molecule has 1 aromatic heterocycles. The minimum atomic E-state index is -0.332. The fourth-order valence-electron chi connectivity index (χ4n) is 2.92. The molecule has 0 saturated carbocycles. The number of thiophene rings is 1. The zero-order chi connectivity index (χ0) is 19.6. The molecule has 0 saturated heterocycles. The highest BCUT2D eigenvalue weighted by Crippen LogP contribution is 2.36. The predicted octanol–water partition coefficient (Wildman–Crippen LogP) is 3.61. The molecule has 0 atom stereocenters. The van der Waals surface area contributed by atoms with Gasteiger partial charge in [-0.15, -0.1) is 11.3 Å². The third kappa shape index (κ3) is 3.68. The van der Waals surface area contributed by atoms with Crippen molar-refractivity contribution in [2.24, 2.45) is 5.92 Å². The second-order valence-corrected chi connectivity index (χ2v) is 7.48. The van der Waals surface area contributed by atoms with Crippen molar-refractivity contribution in [1.82, 2.24) is 4.90 Å². The Morgan fingerprint density at radius 2 is 1.89 bits per heavy atom. The summed E-state index contributed by atoms with van der Waals surface area (Å²) in [7, 11) is 3.12. The van der Waals surface area contributed by atoms with Gasteiger partial charge in [0.15, 0.2) is 0 Å². The summed E-state index contributed by atoms with van der Waals surface area (Å²) < 4.78 is 10.7. The summed E-state index contributed by atoms with van der Waals surface area (Å²) in [6, 6.07) is 8.96. The molecule has 1 N–H and O–H groups in total. The fourth-order valence-corrected chi connectivity index (χ4v) is 3.69. The van der Waals surface area contributed by atoms with Gasteiger partial charge in [-0.25, -0.2) is 0 Å². The van der Waals surface area contributed by atoms with E-state index in [-0.39, 0.29) is 23.4 Å². The number of benzene rings is 1. The second-order valence-electron chi connectivity index (χ2n) is 6.53. The van der Waals surface area contributed by atoms with E-state index in [0.717, 1.165) is 4.88 Å². The number of anilines is 1. The molecule has 2 amide bonds. The highest BCUT2D eigenvalue weighted by molar-refractivity contribution is 7.11. The molecule has 6 nitrogen and oxygen atoms in total. The minimum Gasteiger partial charge on any atom is -0.497 e. The molecule has 1 aromatic carbocycles. The van der Waals surface area contributed by atoms with Gasteiger partial charge < -0.3 is 14.8 Å². The van der Waals surface area contributed by atoms with Gasteiger partial charge in [-0.3, -0.25) is 14.5 Å². The van der Waals surface area contributed by atoms with Crippen molar-refractivity contribution in [3.8, 4) is 11.5 Å². The number of carbonyl (C=O) groups is 2. The molecule has 2 aromatic rings. The van der Waals surface area contributed by atoms with E-state index in [1.807, 2.05) is 31.4 Å². The normalized spacial score (nSPS) is 14.3. The quantitative estimate of drug-likeness (QED) is 0.736. The first-order valence-electron chi connectivity index (χ1n) is 8.59. The first kappa shape index (κ1) is 19.0.